The minimum absolute atomic E-state index is 0.0929. The van der Waals surface area contributed by atoms with Crippen molar-refractivity contribution in [1.82, 2.24) is 14.4 Å². The van der Waals surface area contributed by atoms with Gasteiger partial charge in [0.2, 0.25) is 0 Å². The van der Waals surface area contributed by atoms with Crippen LogP contribution in [0.4, 0.5) is 14.5 Å². The number of imidazole rings is 1. The molecule has 1 amide bonds. The van der Waals surface area contributed by atoms with Crippen LogP contribution in [0.5, 0.6) is 5.75 Å². The first kappa shape index (κ1) is 20.3. The number of amides is 1. The molecule has 30 heavy (non-hydrogen) atoms. The van der Waals surface area contributed by atoms with E-state index in [0.717, 1.165) is 31.1 Å². The van der Waals surface area contributed by atoms with Gasteiger partial charge in [-0.05, 0) is 25.0 Å². The largest absolute Gasteiger partial charge is 0.494 e. The summed E-state index contributed by atoms with van der Waals surface area (Å²) in [5.41, 5.74) is 1.64. The van der Waals surface area contributed by atoms with Crippen molar-refractivity contribution in [3.05, 3.63) is 53.7 Å². The molecule has 0 atom stereocenters. The smallest absolute Gasteiger partial charge is 0.287 e. The average molecular weight is 414 g/mol. The second-order valence-electron chi connectivity index (χ2n) is 7.77. The van der Waals surface area contributed by atoms with E-state index in [0.29, 0.717) is 17.4 Å². The van der Waals surface area contributed by atoms with Crippen molar-refractivity contribution >= 4 is 17.2 Å². The van der Waals surface area contributed by atoms with Gasteiger partial charge in [-0.15, -0.1) is 0 Å². The van der Waals surface area contributed by atoms with Crippen LogP contribution >= 0.6 is 0 Å². The number of halogens is 2. The highest BCUT2D eigenvalue weighted by Crippen LogP contribution is 2.34. The topological polar surface area (TPSA) is 68.5 Å². The predicted octanol–water partition coefficient (Wildman–Crippen LogP) is 5.15. The van der Waals surface area contributed by atoms with Crippen LogP contribution in [0.3, 0.4) is 0 Å². The molecule has 1 saturated carbocycles. The summed E-state index contributed by atoms with van der Waals surface area (Å²) in [6.07, 6.45) is 9.68. The molecule has 1 aliphatic carbocycles. The van der Waals surface area contributed by atoms with Crippen molar-refractivity contribution in [3.8, 4) is 5.75 Å². The molecular formula is C22H24F2N4O2. The summed E-state index contributed by atoms with van der Waals surface area (Å²) in [6.45, 7) is 0.747. The maximum Gasteiger partial charge on any atom is 0.287 e. The third-order valence-electron chi connectivity index (χ3n) is 5.50. The molecule has 1 aliphatic rings. The fourth-order valence-corrected chi connectivity index (χ4v) is 3.89. The number of hydrogen-bond donors (Lipinski definition) is 1. The van der Waals surface area contributed by atoms with Crippen molar-refractivity contribution in [1.29, 1.82) is 0 Å². The van der Waals surface area contributed by atoms with E-state index in [9.17, 15) is 13.6 Å². The summed E-state index contributed by atoms with van der Waals surface area (Å²) in [5.74, 6) is -2.83. The van der Waals surface area contributed by atoms with E-state index in [-0.39, 0.29) is 5.69 Å². The number of ether oxygens (including phenoxy) is 1. The van der Waals surface area contributed by atoms with Crippen LogP contribution < -0.4 is 10.1 Å². The van der Waals surface area contributed by atoms with Gasteiger partial charge in [0.05, 0.1) is 12.8 Å². The Hall–Kier alpha value is -3.03. The number of fused-ring (bicyclic) bond motifs is 1. The number of alkyl halides is 2. The minimum Gasteiger partial charge on any atom is -0.494 e. The number of hydrogen-bond acceptors (Lipinski definition) is 4. The quantitative estimate of drug-likeness (QED) is 0.627. The summed E-state index contributed by atoms with van der Waals surface area (Å²) in [4.78, 5) is 21.2. The van der Waals surface area contributed by atoms with E-state index in [4.69, 9.17) is 9.72 Å². The Kier molecular flexibility index (Phi) is 5.40. The van der Waals surface area contributed by atoms with Crippen molar-refractivity contribution < 1.29 is 18.3 Å². The van der Waals surface area contributed by atoms with Crippen LogP contribution in [0.25, 0.3) is 5.65 Å². The molecule has 8 heteroatoms. The van der Waals surface area contributed by atoms with Crippen LogP contribution in [0.2, 0.25) is 0 Å². The Morgan fingerprint density at radius 3 is 2.67 bits per heavy atom. The maximum atomic E-state index is 13.5. The molecule has 3 aromatic heterocycles. The summed E-state index contributed by atoms with van der Waals surface area (Å²) >= 11 is 0. The van der Waals surface area contributed by atoms with Crippen molar-refractivity contribution in [2.45, 2.75) is 50.9 Å². The number of pyridine rings is 2. The Labute approximate surface area is 173 Å². The molecule has 0 radical (unpaired) electrons. The highest BCUT2D eigenvalue weighted by atomic mass is 19.3. The van der Waals surface area contributed by atoms with Crippen LogP contribution in [0, 0.1) is 0 Å². The molecular weight excluding hydrogens is 390 g/mol. The summed E-state index contributed by atoms with van der Waals surface area (Å²) < 4.78 is 34.4. The van der Waals surface area contributed by atoms with Gasteiger partial charge in [-0.3, -0.25) is 4.79 Å². The van der Waals surface area contributed by atoms with E-state index < -0.39 is 17.5 Å². The van der Waals surface area contributed by atoms with Crippen LogP contribution in [-0.2, 0) is 5.92 Å². The highest BCUT2D eigenvalue weighted by molar-refractivity contribution is 6.03. The van der Waals surface area contributed by atoms with Gasteiger partial charge in [0.1, 0.15) is 28.5 Å². The number of anilines is 1. The number of aromatic nitrogens is 3. The van der Waals surface area contributed by atoms with E-state index in [1.165, 1.54) is 44.6 Å². The first-order valence-electron chi connectivity index (χ1n) is 10.1. The van der Waals surface area contributed by atoms with Gasteiger partial charge in [-0.2, -0.15) is 8.78 Å². The number of nitrogens with one attached hydrogen (secondary N) is 1. The zero-order chi connectivity index (χ0) is 21.3. The lowest BCUT2D eigenvalue weighted by Crippen LogP contribution is -2.18. The second kappa shape index (κ2) is 8.01. The Bertz CT molecular complexity index is 1070. The molecule has 0 aromatic carbocycles. The van der Waals surface area contributed by atoms with E-state index in [1.807, 2.05) is 10.6 Å². The first-order valence-corrected chi connectivity index (χ1v) is 10.1. The number of methoxy groups -OCH3 is 1. The Balaban J connectivity index is 1.62. The zero-order valence-corrected chi connectivity index (χ0v) is 17.0. The SMILES string of the molecule is COc1cc2nc(C3CCCCC3)cn2cc1NC(=O)c1cccc(C(C)(F)F)n1. The number of carbonyl (C=O) groups is 1. The molecule has 3 aromatic rings. The number of carbonyl (C=O) groups excluding carboxylic acids is 1. The molecule has 0 bridgehead atoms. The zero-order valence-electron chi connectivity index (χ0n) is 17.0. The van der Waals surface area contributed by atoms with Gasteiger partial charge in [0.25, 0.3) is 11.8 Å². The van der Waals surface area contributed by atoms with Gasteiger partial charge in [-0.1, -0.05) is 25.3 Å². The van der Waals surface area contributed by atoms with E-state index in [1.54, 1.807) is 12.3 Å². The van der Waals surface area contributed by atoms with Crippen LogP contribution in [0.15, 0.2) is 36.7 Å². The van der Waals surface area contributed by atoms with E-state index in [2.05, 4.69) is 10.3 Å². The lowest BCUT2D eigenvalue weighted by molar-refractivity contribution is 0.0126. The predicted molar refractivity (Wildman–Crippen MR) is 109 cm³/mol. The van der Waals surface area contributed by atoms with Crippen molar-refractivity contribution in [3.63, 3.8) is 0 Å². The van der Waals surface area contributed by atoms with Crippen LogP contribution in [-0.4, -0.2) is 27.4 Å². The lowest BCUT2D eigenvalue weighted by Gasteiger charge is -2.19. The van der Waals surface area contributed by atoms with Gasteiger partial charge >= 0.3 is 0 Å². The molecule has 0 spiro atoms. The highest BCUT2D eigenvalue weighted by Gasteiger charge is 2.27. The fraction of sp³-hybridized carbons (Fsp3) is 0.409. The van der Waals surface area contributed by atoms with Crippen molar-refractivity contribution in [2.24, 2.45) is 0 Å². The standard InChI is InChI=1S/C22H24F2N4O2/c1-22(23,24)19-10-6-9-15(25-19)21(29)27-17-13-28-12-16(14-7-4-3-5-8-14)26-20(28)11-18(17)30-2/h6,9-14H,3-5,7-8H2,1-2H3,(H,27,29). The Morgan fingerprint density at radius 1 is 1.20 bits per heavy atom. The minimum atomic E-state index is -3.13. The third kappa shape index (κ3) is 4.13. The first-order chi connectivity index (χ1) is 14.3. The molecule has 4 rings (SSSR count). The van der Waals surface area contributed by atoms with E-state index >= 15 is 0 Å². The van der Waals surface area contributed by atoms with Gasteiger partial charge in [-0.25, -0.2) is 9.97 Å². The second-order valence-corrected chi connectivity index (χ2v) is 7.77. The molecule has 0 aliphatic heterocycles. The molecule has 0 unspecified atom stereocenters. The van der Waals surface area contributed by atoms with Crippen LogP contribution in [0.1, 0.15) is 66.8 Å². The van der Waals surface area contributed by atoms with Crippen molar-refractivity contribution in [2.75, 3.05) is 12.4 Å². The summed E-state index contributed by atoms with van der Waals surface area (Å²) in [5, 5.41) is 2.72. The number of rotatable bonds is 5. The molecule has 1 N–H and O–H groups in total. The molecule has 6 nitrogen and oxygen atoms in total. The Morgan fingerprint density at radius 2 is 1.97 bits per heavy atom. The molecule has 1 fully saturated rings. The molecule has 0 saturated heterocycles. The molecule has 3 heterocycles. The fourth-order valence-electron chi connectivity index (χ4n) is 3.89. The van der Waals surface area contributed by atoms with Gasteiger partial charge in [0, 0.05) is 31.3 Å². The monoisotopic (exact) mass is 414 g/mol. The molecule has 158 valence electrons. The maximum absolute atomic E-state index is 13.5. The summed E-state index contributed by atoms with van der Waals surface area (Å²) in [7, 11) is 1.50. The summed E-state index contributed by atoms with van der Waals surface area (Å²) in [6, 6.07) is 5.74. The number of nitrogens with zero attached hydrogens (tertiary/aromatic N) is 3. The van der Waals surface area contributed by atoms with Gasteiger partial charge in [0.15, 0.2) is 0 Å². The lowest BCUT2D eigenvalue weighted by atomic mass is 9.87. The average Bonchev–Trinajstić information content (AvgIpc) is 3.16. The van der Waals surface area contributed by atoms with Gasteiger partial charge < -0.3 is 14.5 Å². The third-order valence-corrected chi connectivity index (χ3v) is 5.50. The normalized spacial score (nSPS) is 15.3.